The zero-order valence-corrected chi connectivity index (χ0v) is 13.6. The van der Waals surface area contributed by atoms with Crippen molar-refractivity contribution in [2.24, 2.45) is 5.73 Å². The van der Waals surface area contributed by atoms with Crippen molar-refractivity contribution in [3.8, 4) is 5.75 Å². The number of pyridine rings is 1. The number of amides is 1. The van der Waals surface area contributed by atoms with Gasteiger partial charge in [-0.15, -0.1) is 0 Å². The Morgan fingerprint density at radius 2 is 1.91 bits per heavy atom. The monoisotopic (exact) mass is 335 g/mol. The summed E-state index contributed by atoms with van der Waals surface area (Å²) in [7, 11) is -0.926. The average molecular weight is 335 g/mol. The normalized spacial score (nSPS) is 11.4. The van der Waals surface area contributed by atoms with Crippen LogP contribution in [0.15, 0.2) is 47.6 Å². The molecule has 0 fully saturated rings. The van der Waals surface area contributed by atoms with E-state index < -0.39 is 15.9 Å². The summed E-state index contributed by atoms with van der Waals surface area (Å²) >= 11 is 0. The van der Waals surface area contributed by atoms with Gasteiger partial charge in [-0.3, -0.25) is 9.78 Å². The second-order valence-corrected chi connectivity index (χ2v) is 6.89. The number of rotatable bonds is 6. The Kier molecular flexibility index (Phi) is 4.97. The van der Waals surface area contributed by atoms with Crippen LogP contribution in [0, 0.1) is 0 Å². The number of sulfonamides is 1. The van der Waals surface area contributed by atoms with E-state index in [1.807, 2.05) is 0 Å². The van der Waals surface area contributed by atoms with Gasteiger partial charge in [0.1, 0.15) is 5.75 Å². The topological polar surface area (TPSA) is 103 Å². The molecule has 1 heterocycles. The van der Waals surface area contributed by atoms with E-state index in [1.54, 1.807) is 24.5 Å². The van der Waals surface area contributed by atoms with Gasteiger partial charge in [-0.05, 0) is 35.9 Å². The zero-order chi connectivity index (χ0) is 17.0. The smallest absolute Gasteiger partial charge is 0.252 e. The molecule has 23 heavy (non-hydrogen) atoms. The summed E-state index contributed by atoms with van der Waals surface area (Å²) in [6.45, 7) is 0.183. The van der Waals surface area contributed by atoms with Crippen molar-refractivity contribution < 1.29 is 17.9 Å². The van der Waals surface area contributed by atoms with Crippen molar-refractivity contribution in [2.45, 2.75) is 11.4 Å². The lowest BCUT2D eigenvalue weighted by Gasteiger charge is -2.18. The lowest BCUT2D eigenvalue weighted by Crippen LogP contribution is -2.27. The molecule has 2 aromatic rings. The van der Waals surface area contributed by atoms with Crippen LogP contribution in [0.3, 0.4) is 0 Å². The van der Waals surface area contributed by atoms with Crippen molar-refractivity contribution in [2.75, 3.05) is 14.2 Å². The molecule has 7 nitrogen and oxygen atoms in total. The summed E-state index contributed by atoms with van der Waals surface area (Å²) in [6, 6.07) is 7.47. The van der Waals surface area contributed by atoms with E-state index in [9.17, 15) is 13.2 Å². The molecule has 1 aromatic heterocycles. The number of hydrogen-bond acceptors (Lipinski definition) is 5. The molecule has 0 saturated heterocycles. The van der Waals surface area contributed by atoms with Crippen LogP contribution in [0.4, 0.5) is 0 Å². The van der Waals surface area contributed by atoms with E-state index in [0.29, 0.717) is 0 Å². The van der Waals surface area contributed by atoms with Crippen LogP contribution in [0.1, 0.15) is 15.9 Å². The highest BCUT2D eigenvalue weighted by Gasteiger charge is 2.23. The summed E-state index contributed by atoms with van der Waals surface area (Å²) in [5.74, 6) is -0.524. The van der Waals surface area contributed by atoms with Gasteiger partial charge < -0.3 is 10.5 Å². The summed E-state index contributed by atoms with van der Waals surface area (Å²) in [4.78, 5) is 15.3. The minimum absolute atomic E-state index is 0.0193. The molecular weight excluding hydrogens is 318 g/mol. The van der Waals surface area contributed by atoms with E-state index in [1.165, 1.54) is 36.7 Å². The molecule has 0 bridgehead atoms. The number of methoxy groups -OCH3 is 1. The van der Waals surface area contributed by atoms with Gasteiger partial charge in [0.15, 0.2) is 0 Å². The van der Waals surface area contributed by atoms with Crippen molar-refractivity contribution in [1.82, 2.24) is 9.29 Å². The molecule has 2 rings (SSSR count). The van der Waals surface area contributed by atoms with E-state index in [2.05, 4.69) is 4.98 Å². The van der Waals surface area contributed by atoms with Crippen LogP contribution in [0.2, 0.25) is 0 Å². The molecule has 0 spiro atoms. The van der Waals surface area contributed by atoms with Crippen molar-refractivity contribution in [3.63, 3.8) is 0 Å². The Hall–Kier alpha value is -2.45. The molecule has 0 atom stereocenters. The second kappa shape index (κ2) is 6.76. The van der Waals surface area contributed by atoms with Crippen molar-refractivity contribution >= 4 is 15.9 Å². The Balaban J connectivity index is 2.35. The van der Waals surface area contributed by atoms with Crippen LogP contribution in [-0.4, -0.2) is 37.8 Å². The highest BCUT2D eigenvalue weighted by atomic mass is 32.2. The summed E-state index contributed by atoms with van der Waals surface area (Å²) < 4.78 is 31.5. The van der Waals surface area contributed by atoms with Crippen molar-refractivity contribution in [1.29, 1.82) is 0 Å². The third-order valence-electron chi connectivity index (χ3n) is 3.30. The number of hydrogen-bond donors (Lipinski definition) is 1. The number of primary amides is 1. The molecule has 122 valence electrons. The molecule has 0 radical (unpaired) electrons. The summed E-state index contributed by atoms with van der Waals surface area (Å²) in [6.07, 6.45) is 3.18. The molecule has 0 aliphatic heterocycles. The number of carbonyl (C=O) groups excluding carboxylic acids is 1. The van der Waals surface area contributed by atoms with E-state index in [-0.39, 0.29) is 22.8 Å². The predicted octanol–water partition coefficient (Wildman–Crippen LogP) is 1.01. The maximum atomic E-state index is 12.6. The highest BCUT2D eigenvalue weighted by Crippen LogP contribution is 2.24. The largest absolute Gasteiger partial charge is 0.496 e. The number of ether oxygens (including phenoxy) is 1. The fourth-order valence-corrected chi connectivity index (χ4v) is 3.24. The van der Waals surface area contributed by atoms with Gasteiger partial charge in [0.05, 0.1) is 17.6 Å². The predicted molar refractivity (Wildman–Crippen MR) is 84.4 cm³/mol. The average Bonchev–Trinajstić information content (AvgIpc) is 2.54. The summed E-state index contributed by atoms with van der Waals surface area (Å²) in [5, 5.41) is 0. The Bertz CT molecular complexity index is 807. The molecule has 2 N–H and O–H groups in total. The van der Waals surface area contributed by atoms with E-state index in [4.69, 9.17) is 10.5 Å². The first-order valence-electron chi connectivity index (χ1n) is 6.69. The third kappa shape index (κ3) is 3.66. The summed E-state index contributed by atoms with van der Waals surface area (Å²) in [5.41, 5.74) is 6.09. The van der Waals surface area contributed by atoms with Gasteiger partial charge in [-0.1, -0.05) is 0 Å². The SMILES string of the molecule is COc1ccc(S(=O)(=O)N(C)Cc2ccncc2)cc1C(N)=O. The molecular formula is C15H17N3O4S. The lowest BCUT2D eigenvalue weighted by atomic mass is 10.2. The van der Waals surface area contributed by atoms with Crippen LogP contribution >= 0.6 is 0 Å². The number of nitrogens with zero attached hydrogens (tertiary/aromatic N) is 2. The Labute approximate surface area is 134 Å². The maximum absolute atomic E-state index is 12.6. The fraction of sp³-hybridized carbons (Fsp3) is 0.200. The minimum Gasteiger partial charge on any atom is -0.496 e. The highest BCUT2D eigenvalue weighted by molar-refractivity contribution is 7.89. The fourth-order valence-electron chi connectivity index (χ4n) is 2.05. The van der Waals surface area contributed by atoms with Gasteiger partial charge in [-0.2, -0.15) is 4.31 Å². The van der Waals surface area contributed by atoms with Gasteiger partial charge >= 0.3 is 0 Å². The van der Waals surface area contributed by atoms with E-state index >= 15 is 0 Å². The van der Waals surface area contributed by atoms with Crippen LogP contribution in [-0.2, 0) is 16.6 Å². The standard InChI is InChI=1S/C15H17N3O4S/c1-18(10-11-5-7-17-8-6-11)23(20,21)12-3-4-14(22-2)13(9-12)15(16)19/h3-9H,10H2,1-2H3,(H2,16,19). The number of aromatic nitrogens is 1. The first-order valence-corrected chi connectivity index (χ1v) is 8.13. The molecule has 0 saturated carbocycles. The molecule has 0 aliphatic carbocycles. The molecule has 0 unspecified atom stereocenters. The van der Waals surface area contributed by atoms with Crippen LogP contribution < -0.4 is 10.5 Å². The molecule has 1 aromatic carbocycles. The number of benzene rings is 1. The second-order valence-electron chi connectivity index (χ2n) is 4.84. The van der Waals surface area contributed by atoms with Gasteiger partial charge in [-0.25, -0.2) is 8.42 Å². The van der Waals surface area contributed by atoms with Crippen molar-refractivity contribution in [3.05, 3.63) is 53.9 Å². The molecule has 0 aliphatic rings. The Morgan fingerprint density at radius 1 is 1.26 bits per heavy atom. The first-order chi connectivity index (χ1) is 10.9. The van der Waals surface area contributed by atoms with Gasteiger partial charge in [0.25, 0.3) is 5.91 Å². The number of nitrogens with two attached hydrogens (primary N) is 1. The zero-order valence-electron chi connectivity index (χ0n) is 12.8. The van der Waals surface area contributed by atoms with Gasteiger partial charge in [0, 0.05) is 26.0 Å². The molecule has 1 amide bonds. The van der Waals surface area contributed by atoms with E-state index in [0.717, 1.165) is 5.56 Å². The maximum Gasteiger partial charge on any atom is 0.252 e. The van der Waals surface area contributed by atoms with Gasteiger partial charge in [0.2, 0.25) is 10.0 Å². The number of carbonyl (C=O) groups is 1. The quantitative estimate of drug-likeness (QED) is 0.848. The third-order valence-corrected chi connectivity index (χ3v) is 5.10. The molecule has 8 heteroatoms. The minimum atomic E-state index is -3.77. The first kappa shape index (κ1) is 16.9. The Morgan fingerprint density at radius 3 is 2.48 bits per heavy atom. The van der Waals surface area contributed by atoms with Crippen LogP contribution in [0.5, 0.6) is 5.75 Å². The lowest BCUT2D eigenvalue weighted by molar-refractivity contribution is 0.0997. The van der Waals surface area contributed by atoms with Crippen LogP contribution in [0.25, 0.3) is 0 Å².